The Morgan fingerprint density at radius 1 is 1.42 bits per heavy atom. The zero-order chi connectivity index (χ0) is 9.61. The summed E-state index contributed by atoms with van der Waals surface area (Å²) in [6.07, 6.45) is 5.05. The monoisotopic (exact) mass is 184 g/mol. The molecule has 0 aromatic rings. The van der Waals surface area contributed by atoms with E-state index in [4.69, 9.17) is 4.43 Å². The molecule has 0 fully saturated rings. The van der Waals surface area contributed by atoms with Gasteiger partial charge in [-0.1, -0.05) is 12.7 Å². The molecule has 0 saturated carbocycles. The average Bonchev–Trinajstić information content (AvgIpc) is 1.84. The second kappa shape index (κ2) is 5.20. The van der Waals surface area contributed by atoms with Crippen LogP contribution in [-0.4, -0.2) is 8.32 Å². The van der Waals surface area contributed by atoms with Crippen molar-refractivity contribution in [1.82, 2.24) is 0 Å². The standard InChI is InChI=1S/C10H20OSi/c1-6-7-8-9-10(2)11-12(3,4)5/h6H,1-2,7-9H2,3-5H3. The Balaban J connectivity index is 3.53. The van der Waals surface area contributed by atoms with E-state index in [0.717, 1.165) is 25.0 Å². The molecular formula is C10H20OSi. The van der Waals surface area contributed by atoms with E-state index in [1.807, 2.05) is 6.08 Å². The number of unbranched alkanes of at least 4 members (excludes halogenated alkanes) is 1. The zero-order valence-corrected chi connectivity index (χ0v) is 9.52. The summed E-state index contributed by atoms with van der Waals surface area (Å²) < 4.78 is 5.69. The molecule has 0 N–H and O–H groups in total. The SMILES string of the molecule is C=CCCCC(=C)O[Si](C)(C)C. The third-order valence-corrected chi connectivity index (χ3v) is 2.22. The Kier molecular flexibility index (Phi) is 4.98. The third kappa shape index (κ3) is 7.60. The van der Waals surface area contributed by atoms with Crippen LogP contribution >= 0.6 is 0 Å². The molecule has 0 rings (SSSR count). The van der Waals surface area contributed by atoms with Crippen LogP contribution in [-0.2, 0) is 4.43 Å². The van der Waals surface area contributed by atoms with Crippen molar-refractivity contribution in [3.63, 3.8) is 0 Å². The van der Waals surface area contributed by atoms with E-state index in [-0.39, 0.29) is 0 Å². The normalized spacial score (nSPS) is 10.9. The number of rotatable bonds is 6. The van der Waals surface area contributed by atoms with Gasteiger partial charge in [0.15, 0.2) is 0 Å². The van der Waals surface area contributed by atoms with Gasteiger partial charge in [0.1, 0.15) is 0 Å². The molecule has 0 atom stereocenters. The lowest BCUT2D eigenvalue weighted by Gasteiger charge is -2.20. The first kappa shape index (κ1) is 11.5. The molecule has 0 aliphatic heterocycles. The van der Waals surface area contributed by atoms with Crippen molar-refractivity contribution >= 4 is 8.32 Å². The molecule has 0 amide bonds. The molecule has 0 aromatic heterocycles. The number of allylic oxidation sites excluding steroid dienone is 2. The Bertz CT molecular complexity index is 156. The highest BCUT2D eigenvalue weighted by Gasteiger charge is 2.16. The maximum absolute atomic E-state index is 5.69. The van der Waals surface area contributed by atoms with Gasteiger partial charge < -0.3 is 4.43 Å². The fourth-order valence-corrected chi connectivity index (χ4v) is 1.90. The van der Waals surface area contributed by atoms with Crippen molar-refractivity contribution < 1.29 is 4.43 Å². The molecule has 12 heavy (non-hydrogen) atoms. The summed E-state index contributed by atoms with van der Waals surface area (Å²) in [5.41, 5.74) is 0. The molecule has 2 heteroatoms. The predicted octanol–water partition coefficient (Wildman–Crippen LogP) is 3.71. The fraction of sp³-hybridized carbons (Fsp3) is 0.600. The van der Waals surface area contributed by atoms with Crippen LogP contribution in [0, 0.1) is 0 Å². The number of hydrogen-bond donors (Lipinski definition) is 0. The van der Waals surface area contributed by atoms with Crippen LogP contribution < -0.4 is 0 Å². The van der Waals surface area contributed by atoms with Gasteiger partial charge >= 0.3 is 0 Å². The highest BCUT2D eigenvalue weighted by Crippen LogP contribution is 2.13. The van der Waals surface area contributed by atoms with Gasteiger partial charge in [0.2, 0.25) is 8.32 Å². The molecule has 0 heterocycles. The molecular weight excluding hydrogens is 164 g/mol. The van der Waals surface area contributed by atoms with E-state index in [2.05, 4.69) is 32.8 Å². The first-order valence-corrected chi connectivity index (χ1v) is 7.84. The predicted molar refractivity (Wildman–Crippen MR) is 57.6 cm³/mol. The van der Waals surface area contributed by atoms with Gasteiger partial charge in [-0.2, -0.15) is 0 Å². The van der Waals surface area contributed by atoms with Crippen LogP contribution in [0.4, 0.5) is 0 Å². The summed E-state index contributed by atoms with van der Waals surface area (Å²) in [7, 11) is -1.41. The Morgan fingerprint density at radius 3 is 2.42 bits per heavy atom. The summed E-state index contributed by atoms with van der Waals surface area (Å²) >= 11 is 0. The summed E-state index contributed by atoms with van der Waals surface area (Å²) in [5.74, 6) is 0.941. The van der Waals surface area contributed by atoms with Crippen LogP contribution in [0.15, 0.2) is 25.0 Å². The van der Waals surface area contributed by atoms with Gasteiger partial charge in [0, 0.05) is 6.42 Å². The van der Waals surface area contributed by atoms with Crippen molar-refractivity contribution in [2.75, 3.05) is 0 Å². The Hall–Kier alpha value is -0.503. The van der Waals surface area contributed by atoms with Crippen LogP contribution in [0.1, 0.15) is 19.3 Å². The molecule has 0 aliphatic rings. The largest absolute Gasteiger partial charge is 0.548 e. The van der Waals surface area contributed by atoms with Crippen molar-refractivity contribution in [1.29, 1.82) is 0 Å². The lowest BCUT2D eigenvalue weighted by Crippen LogP contribution is -2.24. The van der Waals surface area contributed by atoms with E-state index < -0.39 is 8.32 Å². The molecule has 0 aliphatic carbocycles. The van der Waals surface area contributed by atoms with E-state index in [0.29, 0.717) is 0 Å². The van der Waals surface area contributed by atoms with Crippen LogP contribution in [0.5, 0.6) is 0 Å². The second-order valence-corrected chi connectivity index (χ2v) is 8.36. The Morgan fingerprint density at radius 2 is 2.00 bits per heavy atom. The lowest BCUT2D eigenvalue weighted by atomic mass is 10.2. The quantitative estimate of drug-likeness (QED) is 0.265. The van der Waals surface area contributed by atoms with Crippen molar-refractivity contribution in [3.05, 3.63) is 25.0 Å². The zero-order valence-electron chi connectivity index (χ0n) is 8.52. The van der Waals surface area contributed by atoms with Crippen LogP contribution in [0.3, 0.4) is 0 Å². The lowest BCUT2D eigenvalue weighted by molar-refractivity contribution is 0.398. The van der Waals surface area contributed by atoms with Gasteiger partial charge in [0.25, 0.3) is 0 Å². The first-order valence-electron chi connectivity index (χ1n) is 4.43. The van der Waals surface area contributed by atoms with Crippen molar-refractivity contribution in [2.45, 2.75) is 38.9 Å². The smallest absolute Gasteiger partial charge is 0.241 e. The molecule has 70 valence electrons. The minimum atomic E-state index is -1.41. The molecule has 0 aromatic carbocycles. The van der Waals surface area contributed by atoms with Crippen molar-refractivity contribution in [3.8, 4) is 0 Å². The highest BCUT2D eigenvalue weighted by atomic mass is 28.4. The van der Waals surface area contributed by atoms with E-state index in [9.17, 15) is 0 Å². The summed E-state index contributed by atoms with van der Waals surface area (Å²) in [4.78, 5) is 0. The second-order valence-electron chi connectivity index (χ2n) is 3.93. The minimum absolute atomic E-state index is 0.941. The van der Waals surface area contributed by atoms with Gasteiger partial charge in [-0.25, -0.2) is 0 Å². The van der Waals surface area contributed by atoms with Crippen LogP contribution in [0.2, 0.25) is 19.6 Å². The molecule has 0 radical (unpaired) electrons. The third-order valence-electron chi connectivity index (χ3n) is 1.31. The number of hydrogen-bond acceptors (Lipinski definition) is 1. The van der Waals surface area contributed by atoms with Gasteiger partial charge in [0.05, 0.1) is 5.76 Å². The van der Waals surface area contributed by atoms with Crippen LogP contribution in [0.25, 0.3) is 0 Å². The average molecular weight is 184 g/mol. The molecule has 0 saturated heterocycles. The topological polar surface area (TPSA) is 9.23 Å². The van der Waals surface area contributed by atoms with Crippen molar-refractivity contribution in [2.24, 2.45) is 0 Å². The maximum Gasteiger partial charge on any atom is 0.241 e. The highest BCUT2D eigenvalue weighted by molar-refractivity contribution is 6.70. The molecule has 0 bridgehead atoms. The molecule has 1 nitrogen and oxygen atoms in total. The van der Waals surface area contributed by atoms with Gasteiger partial charge in [-0.05, 0) is 32.5 Å². The minimum Gasteiger partial charge on any atom is -0.548 e. The van der Waals surface area contributed by atoms with Gasteiger partial charge in [-0.15, -0.1) is 6.58 Å². The fourth-order valence-electron chi connectivity index (χ4n) is 0.928. The molecule has 0 unspecified atom stereocenters. The summed E-state index contributed by atoms with van der Waals surface area (Å²) in [5, 5.41) is 0. The first-order chi connectivity index (χ1) is 5.45. The summed E-state index contributed by atoms with van der Waals surface area (Å²) in [6.45, 7) is 14.1. The summed E-state index contributed by atoms with van der Waals surface area (Å²) in [6, 6.07) is 0. The van der Waals surface area contributed by atoms with E-state index >= 15 is 0 Å². The Labute approximate surface area is 77.3 Å². The van der Waals surface area contributed by atoms with Gasteiger partial charge in [-0.3, -0.25) is 0 Å². The molecule has 0 spiro atoms. The van der Waals surface area contributed by atoms with E-state index in [1.54, 1.807) is 0 Å². The van der Waals surface area contributed by atoms with E-state index in [1.165, 1.54) is 0 Å². The maximum atomic E-state index is 5.69.